The monoisotopic (exact) mass is 339 g/mol. The topological polar surface area (TPSA) is 61.4 Å². The summed E-state index contributed by atoms with van der Waals surface area (Å²) in [5, 5.41) is 3.30. The molecule has 1 aliphatic heterocycles. The SMILES string of the molecule is CCN1CCN(c2nc(C)cc(Nc3cccc(C(C)=O)c3)n2)CC1. The number of aromatic nitrogens is 2. The van der Waals surface area contributed by atoms with Crippen molar-refractivity contribution in [1.29, 1.82) is 0 Å². The van der Waals surface area contributed by atoms with Crippen LogP contribution in [-0.2, 0) is 0 Å². The first-order valence-electron chi connectivity index (χ1n) is 8.76. The van der Waals surface area contributed by atoms with Crippen LogP contribution in [0.15, 0.2) is 30.3 Å². The summed E-state index contributed by atoms with van der Waals surface area (Å²) in [5.41, 5.74) is 2.47. The van der Waals surface area contributed by atoms with Crippen molar-refractivity contribution in [2.45, 2.75) is 20.8 Å². The van der Waals surface area contributed by atoms with E-state index in [-0.39, 0.29) is 5.78 Å². The van der Waals surface area contributed by atoms with E-state index in [2.05, 4.69) is 32.0 Å². The van der Waals surface area contributed by atoms with E-state index < -0.39 is 0 Å². The molecule has 2 heterocycles. The smallest absolute Gasteiger partial charge is 0.227 e. The molecule has 6 heteroatoms. The summed E-state index contributed by atoms with van der Waals surface area (Å²) in [5.74, 6) is 1.57. The number of hydrogen-bond donors (Lipinski definition) is 1. The second kappa shape index (κ2) is 7.61. The summed E-state index contributed by atoms with van der Waals surface area (Å²) in [6.07, 6.45) is 0. The third-order valence-corrected chi connectivity index (χ3v) is 4.49. The van der Waals surface area contributed by atoms with E-state index in [0.29, 0.717) is 5.56 Å². The molecule has 132 valence electrons. The van der Waals surface area contributed by atoms with Gasteiger partial charge in [0.25, 0.3) is 0 Å². The number of nitrogens with zero attached hydrogens (tertiary/aromatic N) is 4. The highest BCUT2D eigenvalue weighted by Crippen LogP contribution is 2.20. The molecule has 3 rings (SSSR count). The van der Waals surface area contributed by atoms with Crippen molar-refractivity contribution < 1.29 is 4.79 Å². The van der Waals surface area contributed by atoms with Gasteiger partial charge in [0.15, 0.2) is 5.78 Å². The van der Waals surface area contributed by atoms with E-state index in [4.69, 9.17) is 0 Å². The van der Waals surface area contributed by atoms with Gasteiger partial charge in [0.05, 0.1) is 0 Å². The Labute approximate surface area is 148 Å². The minimum absolute atomic E-state index is 0.0528. The molecular formula is C19H25N5O. The van der Waals surface area contributed by atoms with Crippen molar-refractivity contribution in [3.05, 3.63) is 41.6 Å². The molecule has 1 N–H and O–H groups in total. The standard InChI is InChI=1S/C19H25N5O/c1-4-23-8-10-24(11-9-23)19-20-14(2)12-18(22-19)21-17-7-5-6-16(13-17)15(3)25/h5-7,12-13H,4,8-11H2,1-3H3,(H,20,21,22). The first-order chi connectivity index (χ1) is 12.0. The summed E-state index contributed by atoms with van der Waals surface area (Å²) in [4.78, 5) is 25.5. The largest absolute Gasteiger partial charge is 0.340 e. The van der Waals surface area contributed by atoms with Crippen LogP contribution in [0.5, 0.6) is 0 Å². The first kappa shape index (κ1) is 17.4. The zero-order valence-corrected chi connectivity index (χ0v) is 15.1. The van der Waals surface area contributed by atoms with Crippen LogP contribution in [0.3, 0.4) is 0 Å². The Bertz CT molecular complexity index is 753. The van der Waals surface area contributed by atoms with Crippen molar-refractivity contribution >= 4 is 23.2 Å². The summed E-state index contributed by atoms with van der Waals surface area (Å²) in [7, 11) is 0. The van der Waals surface area contributed by atoms with Crippen molar-refractivity contribution in [2.24, 2.45) is 0 Å². The Kier molecular flexibility index (Phi) is 5.28. The van der Waals surface area contributed by atoms with E-state index in [0.717, 1.165) is 55.9 Å². The molecule has 1 aromatic heterocycles. The Balaban J connectivity index is 1.78. The Hall–Kier alpha value is -2.47. The van der Waals surface area contributed by atoms with Crippen molar-refractivity contribution in [3.8, 4) is 0 Å². The molecule has 1 aromatic carbocycles. The number of carbonyl (C=O) groups is 1. The molecule has 1 fully saturated rings. The van der Waals surface area contributed by atoms with E-state index >= 15 is 0 Å². The number of Topliss-reactive ketones (excluding diaryl/α,β-unsaturated/α-hetero) is 1. The summed E-state index contributed by atoms with van der Waals surface area (Å²) in [6, 6.07) is 9.39. The van der Waals surface area contributed by atoms with Gasteiger partial charge in [0.1, 0.15) is 5.82 Å². The number of nitrogens with one attached hydrogen (secondary N) is 1. The van der Waals surface area contributed by atoms with Gasteiger partial charge in [0, 0.05) is 49.2 Å². The number of rotatable bonds is 5. The molecular weight excluding hydrogens is 314 g/mol. The zero-order chi connectivity index (χ0) is 17.8. The van der Waals surface area contributed by atoms with Gasteiger partial charge in [-0.05, 0) is 32.5 Å². The van der Waals surface area contributed by atoms with Gasteiger partial charge >= 0.3 is 0 Å². The van der Waals surface area contributed by atoms with Crippen LogP contribution in [0, 0.1) is 6.92 Å². The van der Waals surface area contributed by atoms with Gasteiger partial charge in [-0.15, -0.1) is 0 Å². The van der Waals surface area contributed by atoms with Crippen LogP contribution in [0.2, 0.25) is 0 Å². The molecule has 1 aliphatic rings. The van der Waals surface area contributed by atoms with Gasteiger partial charge < -0.3 is 15.1 Å². The Morgan fingerprint density at radius 3 is 2.60 bits per heavy atom. The molecule has 6 nitrogen and oxygen atoms in total. The molecule has 0 radical (unpaired) electrons. The number of carbonyl (C=O) groups excluding carboxylic acids is 1. The number of piperazine rings is 1. The molecule has 25 heavy (non-hydrogen) atoms. The van der Waals surface area contributed by atoms with E-state index in [1.807, 2.05) is 37.3 Å². The Morgan fingerprint density at radius 1 is 1.16 bits per heavy atom. The maximum atomic E-state index is 11.6. The molecule has 0 unspecified atom stereocenters. The Morgan fingerprint density at radius 2 is 1.92 bits per heavy atom. The van der Waals surface area contributed by atoms with E-state index in [9.17, 15) is 4.79 Å². The maximum Gasteiger partial charge on any atom is 0.227 e. The minimum Gasteiger partial charge on any atom is -0.340 e. The van der Waals surface area contributed by atoms with Crippen molar-refractivity contribution in [2.75, 3.05) is 42.9 Å². The number of anilines is 3. The highest BCUT2D eigenvalue weighted by atomic mass is 16.1. The van der Waals surface area contributed by atoms with Crippen LogP contribution in [0.25, 0.3) is 0 Å². The molecule has 0 aliphatic carbocycles. The number of aryl methyl sites for hydroxylation is 1. The molecule has 0 spiro atoms. The van der Waals surface area contributed by atoms with Crippen molar-refractivity contribution in [1.82, 2.24) is 14.9 Å². The first-order valence-corrected chi connectivity index (χ1v) is 8.76. The zero-order valence-electron chi connectivity index (χ0n) is 15.1. The predicted octanol–water partition coefficient (Wildman–Crippen LogP) is 2.87. The number of ketones is 1. The maximum absolute atomic E-state index is 11.6. The molecule has 0 amide bonds. The fraction of sp³-hybridized carbons (Fsp3) is 0.421. The van der Waals surface area contributed by atoms with Gasteiger partial charge in [-0.25, -0.2) is 4.98 Å². The highest BCUT2D eigenvalue weighted by Gasteiger charge is 2.18. The number of benzene rings is 1. The highest BCUT2D eigenvalue weighted by molar-refractivity contribution is 5.95. The quantitative estimate of drug-likeness (QED) is 0.845. The molecule has 1 saturated heterocycles. The van der Waals surface area contributed by atoms with Gasteiger partial charge in [-0.3, -0.25) is 4.79 Å². The van der Waals surface area contributed by atoms with Gasteiger partial charge in [-0.1, -0.05) is 19.1 Å². The molecule has 2 aromatic rings. The fourth-order valence-corrected chi connectivity index (χ4v) is 2.99. The summed E-state index contributed by atoms with van der Waals surface area (Å²) >= 11 is 0. The van der Waals surface area contributed by atoms with Crippen LogP contribution in [0.1, 0.15) is 29.9 Å². The average Bonchev–Trinajstić information content (AvgIpc) is 2.61. The molecule has 0 bridgehead atoms. The lowest BCUT2D eigenvalue weighted by atomic mass is 10.1. The number of likely N-dealkylation sites (N-methyl/N-ethyl adjacent to an activating group) is 1. The lowest BCUT2D eigenvalue weighted by Crippen LogP contribution is -2.46. The van der Waals surface area contributed by atoms with Crippen LogP contribution < -0.4 is 10.2 Å². The predicted molar refractivity (Wildman–Crippen MR) is 101 cm³/mol. The normalized spacial score (nSPS) is 15.2. The van der Waals surface area contributed by atoms with E-state index in [1.54, 1.807) is 6.92 Å². The average molecular weight is 339 g/mol. The van der Waals surface area contributed by atoms with Crippen LogP contribution >= 0.6 is 0 Å². The second-order valence-electron chi connectivity index (χ2n) is 6.38. The molecule has 0 atom stereocenters. The van der Waals surface area contributed by atoms with E-state index in [1.165, 1.54) is 0 Å². The van der Waals surface area contributed by atoms with Gasteiger partial charge in [-0.2, -0.15) is 4.98 Å². The lowest BCUT2D eigenvalue weighted by Gasteiger charge is -2.34. The van der Waals surface area contributed by atoms with Crippen molar-refractivity contribution in [3.63, 3.8) is 0 Å². The third-order valence-electron chi connectivity index (χ3n) is 4.49. The summed E-state index contributed by atoms with van der Waals surface area (Å²) in [6.45, 7) is 10.8. The second-order valence-corrected chi connectivity index (χ2v) is 6.38. The third kappa shape index (κ3) is 4.33. The van der Waals surface area contributed by atoms with Gasteiger partial charge in [0.2, 0.25) is 5.95 Å². The minimum atomic E-state index is 0.0528. The lowest BCUT2D eigenvalue weighted by molar-refractivity contribution is 0.101. The van der Waals surface area contributed by atoms with Crippen LogP contribution in [0.4, 0.5) is 17.5 Å². The number of hydrogen-bond acceptors (Lipinski definition) is 6. The van der Waals surface area contributed by atoms with Crippen LogP contribution in [-0.4, -0.2) is 53.4 Å². The fourth-order valence-electron chi connectivity index (χ4n) is 2.99. The molecule has 0 saturated carbocycles. The summed E-state index contributed by atoms with van der Waals surface area (Å²) < 4.78 is 0.